The molecule has 1 aromatic carbocycles. The van der Waals surface area contributed by atoms with Crippen molar-refractivity contribution in [3.63, 3.8) is 0 Å². The number of benzene rings is 1. The second-order valence-electron chi connectivity index (χ2n) is 6.79. The molecule has 2 aromatic rings. The van der Waals surface area contributed by atoms with Gasteiger partial charge in [0.15, 0.2) is 6.54 Å². The summed E-state index contributed by atoms with van der Waals surface area (Å²) in [6.07, 6.45) is 0. The SMILES string of the molecule is Cc1cc(C[NH+]2CC[NH+](CC(=O)Nc3ccc(Br)cc3C)CC2)no1. The van der Waals surface area contributed by atoms with Crippen molar-refractivity contribution >= 4 is 27.5 Å². The molecule has 1 aromatic heterocycles. The van der Waals surface area contributed by atoms with Crippen molar-refractivity contribution in [3.05, 3.63) is 45.8 Å². The van der Waals surface area contributed by atoms with E-state index < -0.39 is 0 Å². The first kappa shape index (κ1) is 18.1. The van der Waals surface area contributed by atoms with Crippen molar-refractivity contribution in [2.45, 2.75) is 20.4 Å². The molecule has 0 aliphatic carbocycles. The molecule has 0 saturated carbocycles. The van der Waals surface area contributed by atoms with Gasteiger partial charge in [-0.3, -0.25) is 4.79 Å². The smallest absolute Gasteiger partial charge is 0.279 e. The van der Waals surface area contributed by atoms with E-state index in [0.717, 1.165) is 59.9 Å². The van der Waals surface area contributed by atoms with Crippen molar-refractivity contribution in [1.82, 2.24) is 5.16 Å². The lowest BCUT2D eigenvalue weighted by Crippen LogP contribution is -3.28. The van der Waals surface area contributed by atoms with Crippen LogP contribution in [0, 0.1) is 13.8 Å². The number of hydrogen-bond acceptors (Lipinski definition) is 3. The van der Waals surface area contributed by atoms with E-state index in [0.29, 0.717) is 6.54 Å². The average molecular weight is 409 g/mol. The highest BCUT2D eigenvalue weighted by molar-refractivity contribution is 9.10. The van der Waals surface area contributed by atoms with Gasteiger partial charge in [-0.25, -0.2) is 0 Å². The minimum absolute atomic E-state index is 0.0796. The average Bonchev–Trinajstić information content (AvgIpc) is 2.97. The topological polar surface area (TPSA) is 64.0 Å². The van der Waals surface area contributed by atoms with Crippen molar-refractivity contribution in [3.8, 4) is 0 Å². The van der Waals surface area contributed by atoms with Gasteiger partial charge < -0.3 is 19.6 Å². The van der Waals surface area contributed by atoms with Gasteiger partial charge in [-0.2, -0.15) is 0 Å². The zero-order valence-corrected chi connectivity index (χ0v) is 16.3. The van der Waals surface area contributed by atoms with Crippen molar-refractivity contribution in [2.24, 2.45) is 0 Å². The van der Waals surface area contributed by atoms with Crippen molar-refractivity contribution in [2.75, 3.05) is 38.0 Å². The molecule has 1 fully saturated rings. The van der Waals surface area contributed by atoms with Gasteiger partial charge >= 0.3 is 0 Å². The monoisotopic (exact) mass is 408 g/mol. The Hall–Kier alpha value is -1.70. The molecule has 1 aliphatic rings. The summed E-state index contributed by atoms with van der Waals surface area (Å²) in [5.41, 5.74) is 2.97. The Morgan fingerprint density at radius 1 is 1.20 bits per heavy atom. The fourth-order valence-electron chi connectivity index (χ4n) is 3.26. The standard InChI is InChI=1S/C18H23BrN4O2/c1-13-9-15(19)3-4-17(13)20-18(24)12-23-7-5-22(6-8-23)11-16-10-14(2)25-21-16/h3-4,9-10H,5-8,11-12H2,1-2H3,(H,20,24)/p+2. The molecule has 134 valence electrons. The molecular formula is C18H25BrN4O2+2. The van der Waals surface area contributed by atoms with Crippen LogP contribution in [0.3, 0.4) is 0 Å². The van der Waals surface area contributed by atoms with Gasteiger partial charge in [0.2, 0.25) is 0 Å². The van der Waals surface area contributed by atoms with Gasteiger partial charge in [-0.15, -0.1) is 0 Å². The van der Waals surface area contributed by atoms with Crippen LogP contribution in [0.2, 0.25) is 0 Å². The summed E-state index contributed by atoms with van der Waals surface area (Å²) in [6, 6.07) is 7.90. The third kappa shape index (κ3) is 5.14. The molecule has 1 amide bonds. The molecule has 0 spiro atoms. The summed E-state index contributed by atoms with van der Waals surface area (Å²) in [7, 11) is 0. The highest BCUT2D eigenvalue weighted by Gasteiger charge is 2.25. The second-order valence-corrected chi connectivity index (χ2v) is 7.71. The number of anilines is 1. The number of nitrogens with one attached hydrogen (secondary N) is 3. The molecule has 0 atom stereocenters. The zero-order valence-electron chi connectivity index (χ0n) is 14.7. The van der Waals surface area contributed by atoms with Crippen LogP contribution in [0.5, 0.6) is 0 Å². The van der Waals surface area contributed by atoms with E-state index in [2.05, 4.69) is 26.4 Å². The second kappa shape index (κ2) is 8.12. The van der Waals surface area contributed by atoms with Crippen LogP contribution >= 0.6 is 15.9 Å². The van der Waals surface area contributed by atoms with E-state index in [1.165, 1.54) is 9.80 Å². The van der Waals surface area contributed by atoms with Gasteiger partial charge in [-0.05, 0) is 37.6 Å². The highest BCUT2D eigenvalue weighted by Crippen LogP contribution is 2.19. The fraction of sp³-hybridized carbons (Fsp3) is 0.444. The molecule has 0 unspecified atom stereocenters. The summed E-state index contributed by atoms with van der Waals surface area (Å²) >= 11 is 3.44. The van der Waals surface area contributed by atoms with E-state index in [-0.39, 0.29) is 5.91 Å². The molecule has 2 heterocycles. The van der Waals surface area contributed by atoms with Crippen LogP contribution in [0.4, 0.5) is 5.69 Å². The molecular weight excluding hydrogens is 384 g/mol. The first-order valence-corrected chi connectivity index (χ1v) is 9.44. The first-order valence-electron chi connectivity index (χ1n) is 8.65. The Labute approximate surface area is 156 Å². The zero-order chi connectivity index (χ0) is 17.8. The van der Waals surface area contributed by atoms with E-state index in [1.54, 1.807) is 0 Å². The number of aryl methyl sites for hydroxylation is 2. The van der Waals surface area contributed by atoms with Crippen LogP contribution in [-0.4, -0.2) is 43.8 Å². The van der Waals surface area contributed by atoms with Gasteiger partial charge in [0.25, 0.3) is 5.91 Å². The Morgan fingerprint density at radius 3 is 2.56 bits per heavy atom. The molecule has 1 aliphatic heterocycles. The van der Waals surface area contributed by atoms with Crippen LogP contribution in [-0.2, 0) is 11.3 Å². The summed E-state index contributed by atoms with van der Waals surface area (Å²) < 4.78 is 6.15. The maximum absolute atomic E-state index is 12.3. The Bertz CT molecular complexity index is 738. The molecule has 1 saturated heterocycles. The third-order valence-corrected chi connectivity index (χ3v) is 5.14. The number of piperazine rings is 1. The minimum Gasteiger partial charge on any atom is -0.361 e. The van der Waals surface area contributed by atoms with E-state index in [9.17, 15) is 4.79 Å². The van der Waals surface area contributed by atoms with Gasteiger partial charge in [-0.1, -0.05) is 21.1 Å². The summed E-state index contributed by atoms with van der Waals surface area (Å²) in [5, 5.41) is 7.10. The molecule has 0 bridgehead atoms. The fourth-order valence-corrected chi connectivity index (χ4v) is 3.73. The lowest BCUT2D eigenvalue weighted by atomic mass is 10.2. The van der Waals surface area contributed by atoms with Crippen molar-refractivity contribution in [1.29, 1.82) is 0 Å². The number of rotatable bonds is 5. The predicted molar refractivity (Wildman–Crippen MR) is 98.7 cm³/mol. The lowest BCUT2D eigenvalue weighted by Gasteiger charge is -2.28. The molecule has 7 heteroatoms. The maximum Gasteiger partial charge on any atom is 0.279 e. The van der Waals surface area contributed by atoms with Gasteiger partial charge in [0.05, 0.1) is 0 Å². The molecule has 3 rings (SSSR count). The number of carbonyl (C=O) groups is 1. The molecule has 0 radical (unpaired) electrons. The predicted octanol–water partition coefficient (Wildman–Crippen LogP) is -0.0240. The number of nitrogens with zero attached hydrogens (tertiary/aromatic N) is 1. The normalized spacial score (nSPS) is 20.4. The lowest BCUT2D eigenvalue weighted by molar-refractivity contribution is -1.02. The Balaban J connectivity index is 1.44. The quantitative estimate of drug-likeness (QED) is 0.651. The van der Waals surface area contributed by atoms with Crippen molar-refractivity contribution < 1.29 is 19.1 Å². The van der Waals surface area contributed by atoms with E-state index in [1.807, 2.05) is 38.1 Å². The van der Waals surface area contributed by atoms with Crippen LogP contribution < -0.4 is 15.1 Å². The van der Waals surface area contributed by atoms with Crippen LogP contribution in [0.15, 0.2) is 33.3 Å². The number of amides is 1. The molecule has 6 nitrogen and oxygen atoms in total. The summed E-state index contributed by atoms with van der Waals surface area (Å²) in [5.74, 6) is 0.939. The maximum atomic E-state index is 12.3. The van der Waals surface area contributed by atoms with Gasteiger partial charge in [0, 0.05) is 16.2 Å². The summed E-state index contributed by atoms with van der Waals surface area (Å²) in [6.45, 7) is 9.43. The Morgan fingerprint density at radius 2 is 1.92 bits per heavy atom. The summed E-state index contributed by atoms with van der Waals surface area (Å²) in [4.78, 5) is 15.2. The van der Waals surface area contributed by atoms with Crippen LogP contribution in [0.1, 0.15) is 17.0 Å². The number of aromatic nitrogens is 1. The third-order valence-electron chi connectivity index (χ3n) is 4.65. The Kier molecular flexibility index (Phi) is 5.88. The number of hydrogen-bond donors (Lipinski definition) is 3. The number of halogens is 1. The van der Waals surface area contributed by atoms with E-state index in [4.69, 9.17) is 4.52 Å². The first-order chi connectivity index (χ1) is 12.0. The largest absolute Gasteiger partial charge is 0.361 e. The molecule has 25 heavy (non-hydrogen) atoms. The molecule has 3 N–H and O–H groups in total. The van der Waals surface area contributed by atoms with E-state index >= 15 is 0 Å². The number of quaternary nitrogens is 2. The van der Waals surface area contributed by atoms with Crippen LogP contribution in [0.25, 0.3) is 0 Å². The van der Waals surface area contributed by atoms with Gasteiger partial charge in [0.1, 0.15) is 44.2 Å². The minimum atomic E-state index is 0.0796. The number of carbonyl (C=O) groups excluding carboxylic acids is 1. The highest BCUT2D eigenvalue weighted by atomic mass is 79.9.